The highest BCUT2D eigenvalue weighted by Crippen LogP contribution is 2.32. The fourth-order valence-corrected chi connectivity index (χ4v) is 3.04. The molecule has 0 atom stereocenters. The molecule has 2 aromatic carbocycles. The lowest BCUT2D eigenvalue weighted by atomic mass is 9.94. The predicted octanol–water partition coefficient (Wildman–Crippen LogP) is 4.29. The van der Waals surface area contributed by atoms with Gasteiger partial charge in [0.05, 0.1) is 6.04 Å². The van der Waals surface area contributed by atoms with E-state index in [4.69, 9.17) is 0 Å². The summed E-state index contributed by atoms with van der Waals surface area (Å²) in [6, 6.07) is 18.5. The molecule has 0 fully saturated rings. The first kappa shape index (κ1) is 15.1. The van der Waals surface area contributed by atoms with Crippen LogP contribution in [-0.4, -0.2) is 6.04 Å². The summed E-state index contributed by atoms with van der Waals surface area (Å²) in [4.78, 5) is 0. The van der Waals surface area contributed by atoms with Crippen LogP contribution in [0.4, 0.5) is 0 Å². The molecule has 1 aliphatic carbocycles. The van der Waals surface area contributed by atoms with Crippen LogP contribution in [0.15, 0.2) is 48.5 Å². The molecule has 0 amide bonds. The van der Waals surface area contributed by atoms with Gasteiger partial charge in [0.25, 0.3) is 0 Å². The molecule has 0 bridgehead atoms. The molecule has 0 heterocycles. The van der Waals surface area contributed by atoms with Crippen molar-refractivity contribution in [2.24, 2.45) is 0 Å². The fourth-order valence-electron chi connectivity index (χ4n) is 3.04. The van der Waals surface area contributed by atoms with E-state index in [0.29, 0.717) is 12.1 Å². The van der Waals surface area contributed by atoms with Crippen molar-refractivity contribution in [1.82, 2.24) is 5.32 Å². The van der Waals surface area contributed by atoms with Crippen LogP contribution in [0.1, 0.15) is 42.1 Å². The summed E-state index contributed by atoms with van der Waals surface area (Å²) in [5.41, 5.74) is 5.86. The standard InChI is InChI=1S/C18H21N.ClH/c1-13(2)19-18-16-9-5-3-7-14(16)11-12-15-8-4-6-10-17(15)18;/h3-10,13,18-19H,11-12H2,1-2H3;1H. The molecule has 3 rings (SSSR count). The molecule has 0 spiro atoms. The van der Waals surface area contributed by atoms with Crippen LogP contribution in [-0.2, 0) is 12.8 Å². The minimum Gasteiger partial charge on any atom is -0.304 e. The highest BCUT2D eigenvalue weighted by Gasteiger charge is 2.23. The number of rotatable bonds is 2. The average molecular weight is 288 g/mol. The average Bonchev–Trinajstić information content (AvgIpc) is 2.57. The van der Waals surface area contributed by atoms with E-state index in [1.54, 1.807) is 0 Å². The van der Waals surface area contributed by atoms with Gasteiger partial charge in [-0.2, -0.15) is 0 Å². The highest BCUT2D eigenvalue weighted by molar-refractivity contribution is 5.85. The Morgan fingerprint density at radius 1 is 0.850 bits per heavy atom. The zero-order valence-corrected chi connectivity index (χ0v) is 12.9. The topological polar surface area (TPSA) is 12.0 Å². The zero-order valence-electron chi connectivity index (χ0n) is 12.1. The normalized spacial score (nSPS) is 14.2. The third-order valence-electron chi connectivity index (χ3n) is 3.90. The Bertz CT molecular complexity index is 530. The number of hydrogen-bond acceptors (Lipinski definition) is 1. The molecular weight excluding hydrogens is 266 g/mol. The molecule has 1 N–H and O–H groups in total. The first-order valence-electron chi connectivity index (χ1n) is 7.17. The quantitative estimate of drug-likeness (QED) is 0.869. The predicted molar refractivity (Wildman–Crippen MR) is 87.7 cm³/mol. The summed E-state index contributed by atoms with van der Waals surface area (Å²) < 4.78 is 0. The molecule has 106 valence electrons. The van der Waals surface area contributed by atoms with Crippen LogP contribution in [0, 0.1) is 0 Å². The maximum atomic E-state index is 3.73. The third kappa shape index (κ3) is 2.89. The maximum absolute atomic E-state index is 3.73. The zero-order chi connectivity index (χ0) is 13.2. The molecule has 1 nitrogen and oxygen atoms in total. The SMILES string of the molecule is CC(C)NC1c2ccccc2CCc2ccccc21.Cl. The Morgan fingerprint density at radius 2 is 1.30 bits per heavy atom. The molecule has 0 saturated heterocycles. The minimum atomic E-state index is 0. The summed E-state index contributed by atoms with van der Waals surface area (Å²) in [6.45, 7) is 4.44. The summed E-state index contributed by atoms with van der Waals surface area (Å²) in [5, 5.41) is 3.73. The van der Waals surface area contributed by atoms with E-state index in [-0.39, 0.29) is 12.4 Å². The van der Waals surface area contributed by atoms with E-state index < -0.39 is 0 Å². The maximum Gasteiger partial charge on any atom is 0.0584 e. The number of fused-ring (bicyclic) bond motifs is 2. The van der Waals surface area contributed by atoms with Gasteiger partial charge in [0.1, 0.15) is 0 Å². The van der Waals surface area contributed by atoms with Gasteiger partial charge in [-0.3, -0.25) is 0 Å². The molecule has 0 unspecified atom stereocenters. The Hall–Kier alpha value is -1.31. The molecule has 2 aromatic rings. The van der Waals surface area contributed by atoms with E-state index in [2.05, 4.69) is 67.7 Å². The lowest BCUT2D eigenvalue weighted by Gasteiger charge is -2.24. The van der Waals surface area contributed by atoms with Crippen LogP contribution in [0.25, 0.3) is 0 Å². The second-order valence-electron chi connectivity index (χ2n) is 5.65. The van der Waals surface area contributed by atoms with Crippen molar-refractivity contribution < 1.29 is 0 Å². The summed E-state index contributed by atoms with van der Waals surface area (Å²) in [7, 11) is 0. The molecule has 20 heavy (non-hydrogen) atoms. The first-order valence-corrected chi connectivity index (χ1v) is 7.17. The van der Waals surface area contributed by atoms with Crippen molar-refractivity contribution >= 4 is 12.4 Å². The molecule has 0 radical (unpaired) electrons. The molecule has 2 heteroatoms. The van der Waals surface area contributed by atoms with Gasteiger partial charge < -0.3 is 5.32 Å². The van der Waals surface area contributed by atoms with Gasteiger partial charge in [-0.1, -0.05) is 48.5 Å². The Labute approximate surface area is 127 Å². The van der Waals surface area contributed by atoms with E-state index in [1.165, 1.54) is 22.3 Å². The highest BCUT2D eigenvalue weighted by atomic mass is 35.5. The molecule has 1 aliphatic rings. The van der Waals surface area contributed by atoms with Gasteiger partial charge in [-0.05, 0) is 48.9 Å². The summed E-state index contributed by atoms with van der Waals surface area (Å²) in [6.07, 6.45) is 2.28. The Morgan fingerprint density at radius 3 is 1.75 bits per heavy atom. The van der Waals surface area contributed by atoms with Gasteiger partial charge >= 0.3 is 0 Å². The van der Waals surface area contributed by atoms with Gasteiger partial charge in [0.2, 0.25) is 0 Å². The van der Waals surface area contributed by atoms with Crippen molar-refractivity contribution in [3.8, 4) is 0 Å². The Balaban J connectivity index is 0.00000147. The number of benzene rings is 2. The van der Waals surface area contributed by atoms with Gasteiger partial charge in [0.15, 0.2) is 0 Å². The number of halogens is 1. The first-order chi connectivity index (χ1) is 9.25. The van der Waals surface area contributed by atoms with Gasteiger partial charge in [-0.15, -0.1) is 12.4 Å². The lowest BCUT2D eigenvalue weighted by Crippen LogP contribution is -2.29. The van der Waals surface area contributed by atoms with Crippen LogP contribution in [0.2, 0.25) is 0 Å². The van der Waals surface area contributed by atoms with E-state index in [9.17, 15) is 0 Å². The molecule has 0 saturated carbocycles. The monoisotopic (exact) mass is 287 g/mol. The second kappa shape index (κ2) is 6.43. The van der Waals surface area contributed by atoms with Crippen LogP contribution >= 0.6 is 12.4 Å². The lowest BCUT2D eigenvalue weighted by molar-refractivity contribution is 0.527. The van der Waals surface area contributed by atoms with Gasteiger partial charge in [-0.25, -0.2) is 0 Å². The number of hydrogen-bond donors (Lipinski definition) is 1. The van der Waals surface area contributed by atoms with Crippen molar-refractivity contribution in [3.05, 3.63) is 70.8 Å². The van der Waals surface area contributed by atoms with Crippen LogP contribution < -0.4 is 5.32 Å². The minimum absolute atomic E-state index is 0. The largest absolute Gasteiger partial charge is 0.304 e. The van der Waals surface area contributed by atoms with Crippen molar-refractivity contribution in [2.75, 3.05) is 0 Å². The summed E-state index contributed by atoms with van der Waals surface area (Å²) >= 11 is 0. The molecular formula is C18H22ClN. The van der Waals surface area contributed by atoms with Crippen molar-refractivity contribution in [3.63, 3.8) is 0 Å². The van der Waals surface area contributed by atoms with Gasteiger partial charge in [0, 0.05) is 6.04 Å². The molecule has 0 aromatic heterocycles. The number of aryl methyl sites for hydroxylation is 2. The fraction of sp³-hybridized carbons (Fsp3) is 0.333. The molecule has 0 aliphatic heterocycles. The van der Waals surface area contributed by atoms with E-state index >= 15 is 0 Å². The third-order valence-corrected chi connectivity index (χ3v) is 3.90. The van der Waals surface area contributed by atoms with E-state index in [1.807, 2.05) is 0 Å². The summed E-state index contributed by atoms with van der Waals surface area (Å²) in [5.74, 6) is 0. The van der Waals surface area contributed by atoms with Crippen LogP contribution in [0.3, 0.4) is 0 Å². The Kier molecular flexibility index (Phi) is 4.85. The second-order valence-corrected chi connectivity index (χ2v) is 5.65. The van der Waals surface area contributed by atoms with Crippen LogP contribution in [0.5, 0.6) is 0 Å². The smallest absolute Gasteiger partial charge is 0.0584 e. The van der Waals surface area contributed by atoms with E-state index in [0.717, 1.165) is 12.8 Å². The van der Waals surface area contributed by atoms with Crippen molar-refractivity contribution in [1.29, 1.82) is 0 Å². The van der Waals surface area contributed by atoms with Crippen molar-refractivity contribution in [2.45, 2.75) is 38.8 Å². The number of nitrogens with one attached hydrogen (secondary N) is 1.